The zero-order valence-electron chi connectivity index (χ0n) is 18.5. The minimum absolute atomic E-state index is 0.00593. The Morgan fingerprint density at radius 2 is 1.17 bits per heavy atom. The molecular formula is C21H22N4O9S. The summed E-state index contributed by atoms with van der Waals surface area (Å²) in [6.07, 6.45) is -1.53. The third kappa shape index (κ3) is 10.1. The summed E-state index contributed by atoms with van der Waals surface area (Å²) >= 11 is 0.914. The molecular weight excluding hydrogens is 484 g/mol. The van der Waals surface area contributed by atoms with Crippen LogP contribution in [0.25, 0.3) is 0 Å². The number of alkyl carbamates (subject to hydrolysis) is 2. The minimum atomic E-state index is -0.766. The van der Waals surface area contributed by atoms with E-state index < -0.39 is 27.3 Å². The number of carbonyl (C=O) groups excluding carboxylic acids is 3. The monoisotopic (exact) mass is 506 g/mol. The van der Waals surface area contributed by atoms with Gasteiger partial charge in [0.1, 0.15) is 13.2 Å². The van der Waals surface area contributed by atoms with Gasteiger partial charge in [-0.1, -0.05) is 11.8 Å². The molecule has 0 aliphatic carbocycles. The zero-order valence-corrected chi connectivity index (χ0v) is 19.3. The molecule has 0 saturated carbocycles. The van der Waals surface area contributed by atoms with Crippen LogP contribution in [0.15, 0.2) is 48.5 Å². The fourth-order valence-electron chi connectivity index (χ4n) is 2.61. The highest BCUT2D eigenvalue weighted by Crippen LogP contribution is 2.14. The number of hydrogen-bond donors (Lipinski definition) is 2. The number of nitrogens with one attached hydrogen (secondary N) is 2. The molecule has 0 aliphatic rings. The Labute approximate surface area is 203 Å². The number of carbonyl (C=O) groups is 3. The number of thioether (sulfide) groups is 1. The first kappa shape index (κ1) is 27.0. The van der Waals surface area contributed by atoms with E-state index in [9.17, 15) is 34.6 Å². The van der Waals surface area contributed by atoms with Crippen molar-refractivity contribution in [2.24, 2.45) is 0 Å². The predicted octanol–water partition coefficient (Wildman–Crippen LogP) is 3.30. The molecule has 0 aromatic heterocycles. The lowest BCUT2D eigenvalue weighted by molar-refractivity contribution is -0.385. The Morgan fingerprint density at radius 1 is 0.800 bits per heavy atom. The van der Waals surface area contributed by atoms with Crippen molar-refractivity contribution in [1.82, 2.24) is 10.6 Å². The smallest absolute Gasteiger partial charge is 0.407 e. The Bertz CT molecular complexity index is 984. The maximum absolute atomic E-state index is 12.0. The minimum Gasteiger partial charge on any atom is -0.445 e. The number of benzene rings is 2. The maximum atomic E-state index is 12.0. The van der Waals surface area contributed by atoms with Crippen LogP contribution in [0, 0.1) is 20.2 Å². The largest absolute Gasteiger partial charge is 0.445 e. The Kier molecular flexibility index (Phi) is 10.4. The number of rotatable bonds is 11. The van der Waals surface area contributed by atoms with E-state index >= 15 is 0 Å². The second-order valence-electron chi connectivity index (χ2n) is 6.99. The third-order valence-corrected chi connectivity index (χ3v) is 5.31. The summed E-state index contributed by atoms with van der Waals surface area (Å²) in [5, 5.41) is 25.6. The van der Waals surface area contributed by atoms with E-state index in [1.807, 2.05) is 0 Å². The molecule has 0 heterocycles. The van der Waals surface area contributed by atoms with Crippen molar-refractivity contribution >= 4 is 40.4 Å². The molecule has 2 rings (SSSR count). The fourth-order valence-corrected chi connectivity index (χ4v) is 3.41. The quantitative estimate of drug-likeness (QED) is 0.339. The molecule has 14 heteroatoms. The number of nitro benzene ring substituents is 2. The first-order chi connectivity index (χ1) is 16.6. The van der Waals surface area contributed by atoms with Gasteiger partial charge in [-0.2, -0.15) is 0 Å². The molecule has 2 aromatic carbocycles. The van der Waals surface area contributed by atoms with Crippen LogP contribution in [0.3, 0.4) is 0 Å². The molecule has 0 bridgehead atoms. The second kappa shape index (κ2) is 13.5. The van der Waals surface area contributed by atoms with Crippen molar-refractivity contribution in [2.75, 3.05) is 13.1 Å². The van der Waals surface area contributed by atoms with Crippen molar-refractivity contribution in [3.8, 4) is 0 Å². The molecule has 0 spiro atoms. The molecule has 2 N–H and O–H groups in total. The lowest BCUT2D eigenvalue weighted by Crippen LogP contribution is -2.39. The van der Waals surface area contributed by atoms with E-state index in [2.05, 4.69) is 10.6 Å². The van der Waals surface area contributed by atoms with Gasteiger partial charge in [0.05, 0.1) is 9.85 Å². The third-order valence-electron chi connectivity index (χ3n) is 4.31. The Hall–Kier alpha value is -4.20. The molecule has 13 nitrogen and oxygen atoms in total. The molecule has 0 saturated heterocycles. The van der Waals surface area contributed by atoms with Gasteiger partial charge in [0.15, 0.2) is 5.12 Å². The zero-order chi connectivity index (χ0) is 25.8. The predicted molar refractivity (Wildman–Crippen MR) is 125 cm³/mol. The van der Waals surface area contributed by atoms with Crippen LogP contribution >= 0.6 is 11.8 Å². The van der Waals surface area contributed by atoms with Gasteiger partial charge in [-0.05, 0) is 35.4 Å². The highest BCUT2D eigenvalue weighted by Gasteiger charge is 2.16. The summed E-state index contributed by atoms with van der Waals surface area (Å²) in [5.74, 6) is 0. The van der Waals surface area contributed by atoms with Gasteiger partial charge in [-0.3, -0.25) is 25.0 Å². The van der Waals surface area contributed by atoms with Gasteiger partial charge in [-0.15, -0.1) is 0 Å². The van der Waals surface area contributed by atoms with Crippen LogP contribution in [0.1, 0.15) is 18.1 Å². The van der Waals surface area contributed by atoms with Crippen LogP contribution in [0.5, 0.6) is 0 Å². The molecule has 35 heavy (non-hydrogen) atoms. The van der Waals surface area contributed by atoms with E-state index in [1.54, 1.807) is 0 Å². The molecule has 0 unspecified atom stereocenters. The number of nitro groups is 2. The highest BCUT2D eigenvalue weighted by atomic mass is 32.2. The molecule has 2 amide bonds. The average molecular weight is 506 g/mol. The van der Waals surface area contributed by atoms with Gasteiger partial charge in [-0.25, -0.2) is 9.59 Å². The normalized spacial score (nSPS) is 10.3. The topological polar surface area (TPSA) is 180 Å². The van der Waals surface area contributed by atoms with Gasteiger partial charge in [0.25, 0.3) is 11.4 Å². The number of non-ortho nitro benzene ring substituents is 2. The SMILES string of the molecule is CC(=O)SC(CNC(=O)OCc1ccc([N+](=O)[O-])cc1)CNC(=O)OCc1ccc([N+](=O)[O-])cc1. The van der Waals surface area contributed by atoms with E-state index in [1.165, 1.54) is 55.5 Å². The van der Waals surface area contributed by atoms with Crippen molar-refractivity contribution < 1.29 is 33.7 Å². The summed E-state index contributed by atoms with van der Waals surface area (Å²) in [5.41, 5.74) is 0.942. The van der Waals surface area contributed by atoms with Crippen molar-refractivity contribution in [1.29, 1.82) is 0 Å². The van der Waals surface area contributed by atoms with Crippen molar-refractivity contribution in [2.45, 2.75) is 25.4 Å². The number of ether oxygens (including phenoxy) is 2. The van der Waals surface area contributed by atoms with Crippen molar-refractivity contribution in [3.63, 3.8) is 0 Å². The van der Waals surface area contributed by atoms with Gasteiger partial charge in [0.2, 0.25) is 0 Å². The van der Waals surface area contributed by atoms with E-state index in [0.29, 0.717) is 11.1 Å². The van der Waals surface area contributed by atoms with Crippen LogP contribution in [0.2, 0.25) is 0 Å². The summed E-state index contributed by atoms with van der Waals surface area (Å²) in [6.45, 7) is 1.14. The highest BCUT2D eigenvalue weighted by molar-refractivity contribution is 8.14. The molecule has 0 atom stereocenters. The van der Waals surface area contributed by atoms with Crippen molar-refractivity contribution in [3.05, 3.63) is 79.9 Å². The Balaban J connectivity index is 1.74. The van der Waals surface area contributed by atoms with Crippen LogP contribution in [-0.4, -0.2) is 45.5 Å². The lowest BCUT2D eigenvalue weighted by Gasteiger charge is -2.16. The molecule has 2 aromatic rings. The molecule has 0 radical (unpaired) electrons. The van der Waals surface area contributed by atoms with E-state index in [4.69, 9.17) is 9.47 Å². The lowest BCUT2D eigenvalue weighted by atomic mass is 10.2. The molecule has 186 valence electrons. The summed E-state index contributed by atoms with van der Waals surface area (Å²) < 4.78 is 10.1. The van der Waals surface area contributed by atoms with E-state index in [-0.39, 0.29) is 42.8 Å². The summed E-state index contributed by atoms with van der Waals surface area (Å²) in [6, 6.07) is 11.0. The van der Waals surface area contributed by atoms with E-state index in [0.717, 1.165) is 11.8 Å². The Morgan fingerprint density at radius 3 is 1.49 bits per heavy atom. The van der Waals surface area contributed by atoms with Crippen LogP contribution in [-0.2, 0) is 27.5 Å². The molecule has 0 aliphatic heterocycles. The second-order valence-corrected chi connectivity index (χ2v) is 8.47. The summed E-state index contributed by atoms with van der Waals surface area (Å²) in [7, 11) is 0. The molecule has 0 fully saturated rings. The number of nitrogens with zero attached hydrogens (tertiary/aromatic N) is 2. The fraction of sp³-hybridized carbons (Fsp3) is 0.286. The average Bonchev–Trinajstić information content (AvgIpc) is 2.83. The van der Waals surface area contributed by atoms with Gasteiger partial charge < -0.3 is 20.1 Å². The van der Waals surface area contributed by atoms with Crippen LogP contribution in [0.4, 0.5) is 21.0 Å². The van der Waals surface area contributed by atoms with Gasteiger partial charge >= 0.3 is 12.2 Å². The first-order valence-electron chi connectivity index (χ1n) is 10.1. The summed E-state index contributed by atoms with van der Waals surface area (Å²) in [4.78, 5) is 55.7. The van der Waals surface area contributed by atoms with Gasteiger partial charge in [0, 0.05) is 49.5 Å². The van der Waals surface area contributed by atoms with Crippen LogP contribution < -0.4 is 10.6 Å². The standard InChI is InChI=1S/C21H22N4O9S/c1-14(26)35-19(10-22-20(27)33-12-15-2-6-17(7-3-15)24(29)30)11-23-21(28)34-13-16-4-8-18(9-5-16)25(31)32/h2-9,19H,10-13H2,1H3,(H,22,27)(H,23,28). The maximum Gasteiger partial charge on any atom is 0.407 e. The number of hydrogen-bond acceptors (Lipinski definition) is 10. The number of amides is 2. The first-order valence-corrected chi connectivity index (χ1v) is 11.0.